The van der Waals surface area contributed by atoms with Crippen molar-refractivity contribution in [3.8, 4) is 10.9 Å². The van der Waals surface area contributed by atoms with Crippen LogP contribution in [0.3, 0.4) is 0 Å². The maximum Gasteiger partial charge on any atom is 0.299 e. The monoisotopic (exact) mass is 311 g/mol. The van der Waals surface area contributed by atoms with Gasteiger partial charge in [0.15, 0.2) is 5.75 Å². The summed E-state index contributed by atoms with van der Waals surface area (Å²) in [6, 6.07) is 7.25. The number of nitrogens with zero attached hydrogens (tertiary/aromatic N) is 3. The highest BCUT2D eigenvalue weighted by molar-refractivity contribution is 7.13. The number of hydrogen-bond donors (Lipinski definition) is 0. The van der Waals surface area contributed by atoms with Crippen LogP contribution in [0.15, 0.2) is 30.5 Å². The van der Waals surface area contributed by atoms with E-state index in [0.717, 1.165) is 5.39 Å². The molecule has 19 heavy (non-hydrogen) atoms. The predicted octanol–water partition coefficient (Wildman–Crippen LogP) is 4.27. The molecule has 0 fully saturated rings. The van der Waals surface area contributed by atoms with E-state index in [-0.39, 0.29) is 0 Å². The maximum absolute atomic E-state index is 6.12. The fraction of sp³-hybridized carbons (Fsp3) is 0.0833. The Morgan fingerprint density at radius 3 is 2.89 bits per heavy atom. The van der Waals surface area contributed by atoms with Gasteiger partial charge in [0.05, 0.1) is 10.9 Å². The lowest BCUT2D eigenvalue weighted by Gasteiger charge is -2.06. The molecule has 1 aromatic carbocycles. The molecule has 0 aliphatic heterocycles. The van der Waals surface area contributed by atoms with Gasteiger partial charge in [0, 0.05) is 11.6 Å². The van der Waals surface area contributed by atoms with Crippen molar-refractivity contribution in [3.63, 3.8) is 0 Å². The summed E-state index contributed by atoms with van der Waals surface area (Å²) < 4.78 is 5.69. The van der Waals surface area contributed by atoms with Gasteiger partial charge >= 0.3 is 0 Å². The Morgan fingerprint density at radius 2 is 2.11 bits per heavy atom. The van der Waals surface area contributed by atoms with Gasteiger partial charge in [-0.05, 0) is 24.3 Å². The van der Waals surface area contributed by atoms with Gasteiger partial charge < -0.3 is 4.74 Å². The Labute approximate surface area is 123 Å². The van der Waals surface area contributed by atoms with Crippen molar-refractivity contribution in [3.05, 3.63) is 40.5 Å². The molecule has 0 atom stereocenters. The lowest BCUT2D eigenvalue weighted by Crippen LogP contribution is -1.88. The molecule has 0 aliphatic carbocycles. The van der Waals surface area contributed by atoms with Crippen LogP contribution in [0.2, 0.25) is 5.02 Å². The average molecular weight is 312 g/mol. The lowest BCUT2D eigenvalue weighted by molar-refractivity contribution is 0.477. The zero-order valence-electron chi connectivity index (χ0n) is 9.51. The molecule has 0 unspecified atom stereocenters. The van der Waals surface area contributed by atoms with Crippen LogP contribution in [0.4, 0.5) is 0 Å². The van der Waals surface area contributed by atoms with Crippen LogP contribution in [-0.2, 0) is 5.88 Å². The van der Waals surface area contributed by atoms with Crippen LogP contribution >= 0.6 is 34.5 Å². The van der Waals surface area contributed by atoms with E-state index in [1.165, 1.54) is 11.3 Å². The first-order valence-corrected chi connectivity index (χ1v) is 7.10. The van der Waals surface area contributed by atoms with Gasteiger partial charge in [-0.3, -0.25) is 4.98 Å². The molecule has 4 nitrogen and oxygen atoms in total. The van der Waals surface area contributed by atoms with E-state index in [0.29, 0.717) is 32.4 Å². The molecule has 0 N–H and O–H groups in total. The molecule has 3 rings (SSSR count). The lowest BCUT2D eigenvalue weighted by atomic mass is 10.2. The van der Waals surface area contributed by atoms with Crippen molar-refractivity contribution in [2.75, 3.05) is 0 Å². The second kappa shape index (κ2) is 5.28. The fourth-order valence-electron chi connectivity index (χ4n) is 1.62. The van der Waals surface area contributed by atoms with E-state index in [1.807, 2.05) is 12.1 Å². The molecule has 2 aromatic heterocycles. The molecule has 0 saturated carbocycles. The molecule has 0 spiro atoms. The van der Waals surface area contributed by atoms with Crippen LogP contribution in [-0.4, -0.2) is 15.2 Å². The molecule has 0 aliphatic rings. The first kappa shape index (κ1) is 12.6. The minimum atomic E-state index is 0.320. The molecule has 0 amide bonds. The number of hydrogen-bond acceptors (Lipinski definition) is 5. The molecule has 2 heterocycles. The normalized spacial score (nSPS) is 10.8. The van der Waals surface area contributed by atoms with Crippen molar-refractivity contribution in [2.24, 2.45) is 0 Å². The van der Waals surface area contributed by atoms with Crippen LogP contribution in [0, 0.1) is 0 Å². The minimum Gasteiger partial charge on any atom is -0.427 e. The summed E-state index contributed by atoms with van der Waals surface area (Å²) in [5.74, 6) is 0.915. The third-order valence-electron chi connectivity index (χ3n) is 2.44. The maximum atomic E-state index is 6.12. The first-order valence-electron chi connectivity index (χ1n) is 5.37. The van der Waals surface area contributed by atoms with Gasteiger partial charge in [0.1, 0.15) is 10.5 Å². The van der Waals surface area contributed by atoms with Gasteiger partial charge in [-0.2, -0.15) is 0 Å². The topological polar surface area (TPSA) is 47.9 Å². The Bertz CT molecular complexity index is 732. The number of alkyl halides is 1. The van der Waals surface area contributed by atoms with Crippen molar-refractivity contribution in [1.82, 2.24) is 15.2 Å². The second-order valence-electron chi connectivity index (χ2n) is 3.64. The highest BCUT2D eigenvalue weighted by atomic mass is 35.5. The Kier molecular flexibility index (Phi) is 3.50. The third-order valence-corrected chi connectivity index (χ3v) is 3.98. The predicted molar refractivity (Wildman–Crippen MR) is 76.3 cm³/mol. The van der Waals surface area contributed by atoms with E-state index in [1.54, 1.807) is 18.3 Å². The zero-order valence-corrected chi connectivity index (χ0v) is 11.8. The summed E-state index contributed by atoms with van der Waals surface area (Å²) in [7, 11) is 0. The fourth-order valence-corrected chi connectivity index (χ4v) is 2.61. The van der Waals surface area contributed by atoms with E-state index in [4.69, 9.17) is 27.9 Å². The minimum absolute atomic E-state index is 0.320. The number of fused-ring (bicyclic) bond motifs is 1. The van der Waals surface area contributed by atoms with Crippen molar-refractivity contribution in [2.45, 2.75) is 5.88 Å². The molecular formula is C12H7Cl2N3OS. The largest absolute Gasteiger partial charge is 0.427 e. The van der Waals surface area contributed by atoms with Crippen molar-refractivity contribution in [1.29, 1.82) is 0 Å². The highest BCUT2D eigenvalue weighted by Gasteiger charge is 2.10. The Morgan fingerprint density at radius 1 is 1.21 bits per heavy atom. The summed E-state index contributed by atoms with van der Waals surface area (Å²) in [6.45, 7) is 0. The van der Waals surface area contributed by atoms with Gasteiger partial charge in [-0.1, -0.05) is 28.0 Å². The quantitative estimate of drug-likeness (QED) is 0.678. The van der Waals surface area contributed by atoms with Crippen LogP contribution in [0.1, 0.15) is 5.01 Å². The number of aromatic nitrogens is 3. The van der Waals surface area contributed by atoms with Gasteiger partial charge in [-0.25, -0.2) is 0 Å². The standard InChI is InChI=1S/C12H7Cl2N3OS/c13-6-10-16-17-12(19-10)18-9-4-3-8(14)7-2-1-5-15-11(7)9/h1-5H,6H2. The number of ether oxygens (including phenoxy) is 1. The molecular weight excluding hydrogens is 305 g/mol. The number of halogens is 2. The zero-order chi connectivity index (χ0) is 13.2. The van der Waals surface area contributed by atoms with Crippen LogP contribution in [0.25, 0.3) is 10.9 Å². The molecule has 0 radical (unpaired) electrons. The summed E-state index contributed by atoms with van der Waals surface area (Å²) in [5.41, 5.74) is 0.692. The summed E-state index contributed by atoms with van der Waals surface area (Å²) in [5, 5.41) is 10.4. The summed E-state index contributed by atoms with van der Waals surface area (Å²) in [6.07, 6.45) is 1.69. The van der Waals surface area contributed by atoms with Crippen molar-refractivity contribution < 1.29 is 4.74 Å². The Hall–Kier alpha value is -1.43. The van der Waals surface area contributed by atoms with E-state index in [9.17, 15) is 0 Å². The van der Waals surface area contributed by atoms with Crippen LogP contribution in [0.5, 0.6) is 10.9 Å². The average Bonchev–Trinajstić information content (AvgIpc) is 2.90. The summed E-state index contributed by atoms with van der Waals surface area (Å²) >= 11 is 13.1. The van der Waals surface area contributed by atoms with Gasteiger partial charge in [-0.15, -0.1) is 16.7 Å². The molecule has 7 heteroatoms. The molecule has 96 valence electrons. The molecule has 3 aromatic rings. The van der Waals surface area contributed by atoms with Gasteiger partial charge in [0.25, 0.3) is 5.19 Å². The van der Waals surface area contributed by atoms with E-state index >= 15 is 0 Å². The number of pyridine rings is 1. The van der Waals surface area contributed by atoms with Crippen LogP contribution < -0.4 is 4.74 Å². The highest BCUT2D eigenvalue weighted by Crippen LogP contribution is 2.33. The summed E-state index contributed by atoms with van der Waals surface area (Å²) in [4.78, 5) is 4.29. The van der Waals surface area contributed by atoms with Gasteiger partial charge in [0.2, 0.25) is 0 Å². The SMILES string of the molecule is ClCc1nnc(Oc2ccc(Cl)c3cccnc23)s1. The second-order valence-corrected chi connectivity index (χ2v) is 5.34. The number of rotatable bonds is 3. The molecule has 0 bridgehead atoms. The van der Waals surface area contributed by atoms with Crippen molar-refractivity contribution >= 4 is 45.4 Å². The number of benzene rings is 1. The smallest absolute Gasteiger partial charge is 0.299 e. The Balaban J connectivity index is 2.03. The van der Waals surface area contributed by atoms with E-state index in [2.05, 4.69) is 15.2 Å². The van der Waals surface area contributed by atoms with E-state index < -0.39 is 0 Å². The molecule has 0 saturated heterocycles. The first-order chi connectivity index (χ1) is 9.28. The third kappa shape index (κ3) is 2.49.